The standard InChI is InChI=1S/C75H104N12O17S2/c1-12-53-66(93)79-54(13-2)67(94)81-55(39-46(4)5)69(96)83-57(40-49-27-19-15-20-28-49)72(99)103-43-58(70(97)80-53)84-64(91)48(8)78-68(95)56(41-60(88)87-75(50-29-21-16-22-30-50,51-31-23-17-24-32-51)52-33-25-18-26-34-52)82-71(98)63(47(6)7)86-61(89)42-77-62(90)44-102-38-37-101-36-35-76-65(92)59(45-106-105-14-3)85-73(100)104-74(9,10)11/h15-34,46-48,53-59,63H,12-14,35-45H2,1-11H3,(H,76,92)(H,77,90)(H,78,95)(H,79,93)(H,80,97)(H,81,94)(H,82,98)(H,83,96)(H,84,91)(H,85,100)(H,86,89)(H,87,88)/t48-,53-,54-,55-,56-,57-,58-,59-,63-/m0/s1. The summed E-state index contributed by atoms with van der Waals surface area (Å²) in [6, 6.07) is 23.2. The number of alkyl carbamates (subject to hydrolysis) is 1. The maximum atomic E-state index is 15.1. The molecule has 9 atom stereocenters. The number of rotatable bonds is 36. The summed E-state index contributed by atoms with van der Waals surface area (Å²) < 4.78 is 22.0. The number of hydrogen-bond donors (Lipinski definition) is 12. The topological polar surface area (TPSA) is 403 Å². The van der Waals surface area contributed by atoms with Gasteiger partial charge in [0, 0.05) is 24.5 Å². The van der Waals surface area contributed by atoms with Gasteiger partial charge in [0.25, 0.3) is 0 Å². The number of benzene rings is 4. The van der Waals surface area contributed by atoms with Crippen LogP contribution in [0, 0.1) is 11.8 Å². The van der Waals surface area contributed by atoms with Crippen LogP contribution >= 0.6 is 21.6 Å². The Labute approximate surface area is 627 Å². The van der Waals surface area contributed by atoms with E-state index in [0.29, 0.717) is 28.0 Å². The van der Waals surface area contributed by atoms with Crippen molar-refractivity contribution in [3.8, 4) is 0 Å². The third-order valence-electron chi connectivity index (χ3n) is 16.4. The van der Waals surface area contributed by atoms with Crippen LogP contribution in [0.3, 0.4) is 0 Å². The lowest BCUT2D eigenvalue weighted by Crippen LogP contribution is -2.61. The molecule has 0 bridgehead atoms. The van der Waals surface area contributed by atoms with Crippen LogP contribution in [0.1, 0.15) is 124 Å². The fraction of sp³-hybridized carbons (Fsp3) is 0.507. The van der Waals surface area contributed by atoms with Crippen LogP contribution in [0.4, 0.5) is 4.79 Å². The number of hydrogen-bond acceptors (Lipinski definition) is 19. The second kappa shape index (κ2) is 44.4. The highest BCUT2D eigenvalue weighted by Crippen LogP contribution is 2.37. The number of ether oxygens (including phenoxy) is 4. The SMILES string of the molecule is CCSSC[C@H](NC(=O)OC(C)(C)C)C(=O)NCCOCCOCC(=O)NCC(=O)N[C@H](C(=O)N[C@@H](CC(=O)NC(c1ccccc1)(c1ccccc1)c1ccccc1)C(=O)N[C@@H](C)C(=O)N[C@H]1COC(=O)[C@H](Cc2ccccc2)NC(=O)[C@H](CC(C)C)NC(=O)[C@H](CC)NC(=O)[C@H](CC)NC1=O)C(C)C. The molecule has 29 nitrogen and oxygen atoms in total. The smallest absolute Gasteiger partial charge is 0.408 e. The highest BCUT2D eigenvalue weighted by atomic mass is 33.1. The van der Waals surface area contributed by atoms with E-state index in [1.807, 2.05) is 57.2 Å². The number of amides is 12. The molecule has 0 aromatic heterocycles. The molecule has 31 heteroatoms. The largest absolute Gasteiger partial charge is 0.461 e. The first-order valence-corrected chi connectivity index (χ1v) is 38.0. The maximum absolute atomic E-state index is 15.1. The van der Waals surface area contributed by atoms with Gasteiger partial charge in [-0.15, -0.1) is 0 Å². The van der Waals surface area contributed by atoms with E-state index < -0.39 is 175 Å². The molecule has 578 valence electrons. The normalized spacial score (nSPS) is 17.9. The lowest BCUT2D eigenvalue weighted by molar-refractivity contribution is -0.151. The number of carbonyl (C=O) groups is 13. The number of carbonyl (C=O) groups excluding carboxylic acids is 13. The van der Waals surface area contributed by atoms with Crippen molar-refractivity contribution in [2.45, 2.75) is 174 Å². The molecule has 0 unspecified atom stereocenters. The van der Waals surface area contributed by atoms with E-state index in [0.717, 1.165) is 5.75 Å². The Bertz CT molecular complexity index is 3460. The van der Waals surface area contributed by atoms with Gasteiger partial charge in [0.1, 0.15) is 78.7 Å². The van der Waals surface area contributed by atoms with Gasteiger partial charge in [-0.2, -0.15) is 0 Å². The van der Waals surface area contributed by atoms with E-state index in [4.69, 9.17) is 18.9 Å². The molecule has 12 N–H and O–H groups in total. The Morgan fingerprint density at radius 2 is 1.08 bits per heavy atom. The highest BCUT2D eigenvalue weighted by molar-refractivity contribution is 8.76. The molecule has 12 amide bonds. The van der Waals surface area contributed by atoms with Crippen LogP contribution in [0.25, 0.3) is 0 Å². The molecule has 0 spiro atoms. The molecule has 4 aromatic rings. The van der Waals surface area contributed by atoms with Gasteiger partial charge >= 0.3 is 12.1 Å². The maximum Gasteiger partial charge on any atom is 0.408 e. The summed E-state index contributed by atoms with van der Waals surface area (Å²) in [6.07, 6.45) is -1.41. The van der Waals surface area contributed by atoms with Crippen LogP contribution in [0.2, 0.25) is 0 Å². The molecule has 1 aliphatic heterocycles. The minimum Gasteiger partial charge on any atom is -0.461 e. The van der Waals surface area contributed by atoms with Gasteiger partial charge in [-0.1, -0.05) is 191 Å². The first-order valence-electron chi connectivity index (χ1n) is 35.5. The van der Waals surface area contributed by atoms with E-state index in [1.165, 1.54) is 28.5 Å². The third-order valence-corrected chi connectivity index (χ3v) is 18.8. The van der Waals surface area contributed by atoms with Crippen molar-refractivity contribution in [3.63, 3.8) is 0 Å². The first kappa shape index (κ1) is 87.0. The Hall–Kier alpha value is -9.59. The van der Waals surface area contributed by atoms with Crippen LogP contribution in [0.5, 0.6) is 0 Å². The zero-order chi connectivity index (χ0) is 77.9. The monoisotopic (exact) mass is 1510 g/mol. The third kappa shape index (κ3) is 29.0. The number of esters is 1. The average molecular weight is 1510 g/mol. The lowest BCUT2D eigenvalue weighted by Gasteiger charge is -2.37. The minimum absolute atomic E-state index is 0.0249. The fourth-order valence-electron chi connectivity index (χ4n) is 10.9. The van der Waals surface area contributed by atoms with Crippen molar-refractivity contribution in [2.75, 3.05) is 57.6 Å². The van der Waals surface area contributed by atoms with E-state index in [9.17, 15) is 57.5 Å². The number of nitrogens with one attached hydrogen (secondary N) is 12. The van der Waals surface area contributed by atoms with Crippen molar-refractivity contribution in [2.24, 2.45) is 11.8 Å². The molecule has 0 saturated carbocycles. The molecule has 5 rings (SSSR count). The Morgan fingerprint density at radius 1 is 0.547 bits per heavy atom. The molecule has 0 radical (unpaired) electrons. The van der Waals surface area contributed by atoms with E-state index in [1.54, 1.807) is 133 Å². The molecular weight excluding hydrogens is 1410 g/mol. The van der Waals surface area contributed by atoms with Crippen LogP contribution in [-0.4, -0.2) is 195 Å². The van der Waals surface area contributed by atoms with Gasteiger partial charge in [-0.05, 0) is 81.0 Å². The zero-order valence-electron chi connectivity index (χ0n) is 62.1. The molecule has 1 aliphatic rings. The quantitative estimate of drug-likeness (QED) is 0.0135. The van der Waals surface area contributed by atoms with Crippen molar-refractivity contribution < 1.29 is 81.3 Å². The molecular formula is C75H104N12O17S2. The summed E-state index contributed by atoms with van der Waals surface area (Å²) in [5.74, 6) is -9.81. The molecule has 1 fully saturated rings. The summed E-state index contributed by atoms with van der Waals surface area (Å²) in [7, 11) is 2.97. The predicted octanol–water partition coefficient (Wildman–Crippen LogP) is 3.26. The van der Waals surface area contributed by atoms with Gasteiger partial charge in [-0.3, -0.25) is 52.7 Å². The molecule has 106 heavy (non-hydrogen) atoms. The Kier molecular flexibility index (Phi) is 36.5. The van der Waals surface area contributed by atoms with Crippen LogP contribution in [0.15, 0.2) is 121 Å². The second-order valence-electron chi connectivity index (χ2n) is 26.9. The van der Waals surface area contributed by atoms with Crippen LogP contribution < -0.4 is 63.8 Å². The van der Waals surface area contributed by atoms with Crippen LogP contribution in [-0.2, 0) is 88.4 Å². The lowest BCUT2D eigenvalue weighted by atomic mass is 9.77. The summed E-state index contributed by atoms with van der Waals surface area (Å²) in [4.78, 5) is 181. The number of cyclic esters (lactones) is 1. The summed E-state index contributed by atoms with van der Waals surface area (Å²) in [5, 5.41) is 31.8. The van der Waals surface area contributed by atoms with E-state index in [-0.39, 0.29) is 58.0 Å². The highest BCUT2D eigenvalue weighted by Gasteiger charge is 2.41. The van der Waals surface area contributed by atoms with Gasteiger partial charge < -0.3 is 82.7 Å². The van der Waals surface area contributed by atoms with Gasteiger partial charge in [0.2, 0.25) is 65.0 Å². The molecule has 1 heterocycles. The summed E-state index contributed by atoms with van der Waals surface area (Å²) in [5.41, 5.74) is 0.288. The second-order valence-corrected chi connectivity index (χ2v) is 29.7. The summed E-state index contributed by atoms with van der Waals surface area (Å²) in [6.45, 7) is 16.6. The van der Waals surface area contributed by atoms with Gasteiger partial charge in [-0.25, -0.2) is 9.59 Å². The zero-order valence-corrected chi connectivity index (χ0v) is 63.7. The Balaban J connectivity index is 1.35. The average Bonchev–Trinajstić information content (AvgIpc) is 0.754. The predicted molar refractivity (Wildman–Crippen MR) is 400 cm³/mol. The van der Waals surface area contributed by atoms with Crippen molar-refractivity contribution in [3.05, 3.63) is 144 Å². The fourth-order valence-corrected chi connectivity index (χ4v) is 12.8. The van der Waals surface area contributed by atoms with Crippen molar-refractivity contribution >= 4 is 98.6 Å². The molecule has 1 saturated heterocycles. The van der Waals surface area contributed by atoms with Gasteiger partial charge in [0.05, 0.1) is 32.8 Å². The van der Waals surface area contributed by atoms with Crippen molar-refractivity contribution in [1.82, 2.24) is 63.8 Å². The summed E-state index contributed by atoms with van der Waals surface area (Å²) >= 11 is 0. The Morgan fingerprint density at radius 3 is 1.61 bits per heavy atom. The van der Waals surface area contributed by atoms with Crippen molar-refractivity contribution in [1.29, 1.82) is 0 Å². The molecule has 0 aliphatic carbocycles. The van der Waals surface area contributed by atoms with E-state index in [2.05, 4.69) is 63.8 Å². The molecule has 4 aromatic carbocycles. The van der Waals surface area contributed by atoms with E-state index >= 15 is 4.79 Å². The van der Waals surface area contributed by atoms with Gasteiger partial charge in [0.15, 0.2) is 0 Å². The first-order chi connectivity index (χ1) is 50.5. The minimum atomic E-state index is -1.82.